The number of nitrogens with one attached hydrogen (secondary N) is 1. The molecule has 2 aromatic rings. The Morgan fingerprint density at radius 3 is 2.61 bits per heavy atom. The zero-order valence-electron chi connectivity index (χ0n) is 19.6. The van der Waals surface area contributed by atoms with Gasteiger partial charge in [0.25, 0.3) is 0 Å². The fraction of sp³-hybridized carbons (Fsp3) is 0.560. The number of rotatable bonds is 7. The molecule has 2 aliphatic heterocycles. The predicted molar refractivity (Wildman–Crippen MR) is 128 cm³/mol. The SMILES string of the molecule is Cc1ncsc1-c1ccc(CNC(=O)C2CC(OC(C)C)CN2C(=O)C2CCOCC2)cc1. The van der Waals surface area contributed by atoms with Crippen molar-refractivity contribution in [2.24, 2.45) is 5.92 Å². The van der Waals surface area contributed by atoms with Crippen molar-refractivity contribution in [2.75, 3.05) is 19.8 Å². The summed E-state index contributed by atoms with van der Waals surface area (Å²) in [5.41, 5.74) is 5.02. The van der Waals surface area contributed by atoms with Crippen LogP contribution >= 0.6 is 11.3 Å². The van der Waals surface area contributed by atoms with E-state index in [1.54, 1.807) is 16.2 Å². The molecule has 2 fully saturated rings. The summed E-state index contributed by atoms with van der Waals surface area (Å²) in [4.78, 5) is 33.6. The Morgan fingerprint density at radius 2 is 1.97 bits per heavy atom. The molecule has 0 spiro atoms. The van der Waals surface area contributed by atoms with Crippen molar-refractivity contribution in [3.8, 4) is 10.4 Å². The third-order valence-corrected chi connectivity index (χ3v) is 7.29. The van der Waals surface area contributed by atoms with Crippen molar-refractivity contribution in [3.63, 3.8) is 0 Å². The first kappa shape index (κ1) is 23.9. The fourth-order valence-electron chi connectivity index (χ4n) is 4.61. The number of hydrogen-bond acceptors (Lipinski definition) is 6. The summed E-state index contributed by atoms with van der Waals surface area (Å²) in [6, 6.07) is 7.68. The van der Waals surface area contributed by atoms with Crippen molar-refractivity contribution in [3.05, 3.63) is 41.0 Å². The maximum atomic E-state index is 13.2. The summed E-state index contributed by atoms with van der Waals surface area (Å²) in [6.45, 7) is 8.06. The predicted octanol–water partition coefficient (Wildman–Crippen LogP) is 3.56. The van der Waals surface area contributed by atoms with Crippen LogP contribution in [0.2, 0.25) is 0 Å². The minimum Gasteiger partial charge on any atom is -0.381 e. The number of ether oxygens (including phenoxy) is 2. The molecule has 0 saturated carbocycles. The Morgan fingerprint density at radius 1 is 1.24 bits per heavy atom. The Bertz CT molecular complexity index is 953. The van der Waals surface area contributed by atoms with Crippen LogP contribution in [0, 0.1) is 12.8 Å². The molecule has 8 heteroatoms. The molecule has 3 heterocycles. The monoisotopic (exact) mass is 471 g/mol. The van der Waals surface area contributed by atoms with Gasteiger partial charge in [-0.25, -0.2) is 4.98 Å². The van der Waals surface area contributed by atoms with Crippen LogP contribution < -0.4 is 5.32 Å². The highest BCUT2D eigenvalue weighted by atomic mass is 32.1. The smallest absolute Gasteiger partial charge is 0.243 e. The standard InChI is InChI=1S/C25H33N3O4S/c1-16(2)32-21-12-22(28(14-21)25(30)20-8-10-31-11-9-20)24(29)26-13-18-4-6-19(7-5-18)23-17(3)27-15-33-23/h4-7,15-16,20-22H,8-14H2,1-3H3,(H,26,29). The van der Waals surface area contributed by atoms with Crippen LogP contribution in [0.4, 0.5) is 0 Å². The van der Waals surface area contributed by atoms with E-state index in [-0.39, 0.29) is 29.9 Å². The topological polar surface area (TPSA) is 80.8 Å². The van der Waals surface area contributed by atoms with E-state index in [2.05, 4.69) is 22.4 Å². The van der Waals surface area contributed by atoms with Crippen LogP contribution in [0.15, 0.2) is 29.8 Å². The van der Waals surface area contributed by atoms with Gasteiger partial charge in [-0.15, -0.1) is 11.3 Å². The van der Waals surface area contributed by atoms with Crippen molar-refractivity contribution < 1.29 is 19.1 Å². The summed E-state index contributed by atoms with van der Waals surface area (Å²) in [5, 5.41) is 3.05. The summed E-state index contributed by atoms with van der Waals surface area (Å²) in [5.74, 6) is -0.139. The first-order valence-corrected chi connectivity index (χ1v) is 12.6. The molecule has 4 rings (SSSR count). The number of aryl methyl sites for hydroxylation is 1. The molecule has 7 nitrogen and oxygen atoms in total. The minimum atomic E-state index is -0.497. The largest absolute Gasteiger partial charge is 0.381 e. The first-order valence-electron chi connectivity index (χ1n) is 11.7. The van der Waals surface area contributed by atoms with E-state index in [4.69, 9.17) is 9.47 Å². The second-order valence-corrected chi connectivity index (χ2v) is 9.97. The summed E-state index contributed by atoms with van der Waals surface area (Å²) in [7, 11) is 0. The number of nitrogens with zero attached hydrogens (tertiary/aromatic N) is 2. The van der Waals surface area contributed by atoms with E-state index >= 15 is 0 Å². The van der Waals surface area contributed by atoms with E-state index in [0.717, 1.165) is 21.7 Å². The Hall–Kier alpha value is -2.29. The highest BCUT2D eigenvalue weighted by molar-refractivity contribution is 7.13. The molecule has 2 unspecified atom stereocenters. The third-order valence-electron chi connectivity index (χ3n) is 6.31. The molecule has 2 atom stereocenters. The van der Waals surface area contributed by atoms with Crippen molar-refractivity contribution in [1.29, 1.82) is 0 Å². The molecule has 33 heavy (non-hydrogen) atoms. The first-order chi connectivity index (χ1) is 15.9. The number of thiazole rings is 1. The van der Waals surface area contributed by atoms with E-state index < -0.39 is 6.04 Å². The number of likely N-dealkylation sites (tertiary alicyclic amines) is 1. The molecule has 1 aromatic heterocycles. The molecular formula is C25H33N3O4S. The molecule has 0 bridgehead atoms. The van der Waals surface area contributed by atoms with Crippen LogP contribution in [0.1, 0.15) is 44.4 Å². The molecule has 1 N–H and O–H groups in total. The molecule has 2 aliphatic rings. The van der Waals surface area contributed by atoms with Gasteiger partial charge in [0.05, 0.1) is 28.3 Å². The molecule has 0 radical (unpaired) electrons. The molecule has 2 amide bonds. The van der Waals surface area contributed by atoms with E-state index in [9.17, 15) is 9.59 Å². The summed E-state index contributed by atoms with van der Waals surface area (Å²) >= 11 is 1.62. The van der Waals surface area contributed by atoms with Gasteiger partial charge in [0, 0.05) is 38.6 Å². The van der Waals surface area contributed by atoms with Gasteiger partial charge in [0.2, 0.25) is 11.8 Å². The van der Waals surface area contributed by atoms with Crippen molar-refractivity contribution in [1.82, 2.24) is 15.2 Å². The highest BCUT2D eigenvalue weighted by Gasteiger charge is 2.42. The van der Waals surface area contributed by atoms with Gasteiger partial charge in [0.1, 0.15) is 6.04 Å². The number of aromatic nitrogens is 1. The average molecular weight is 472 g/mol. The quantitative estimate of drug-likeness (QED) is 0.668. The van der Waals surface area contributed by atoms with Crippen LogP contribution in [0.25, 0.3) is 10.4 Å². The van der Waals surface area contributed by atoms with Gasteiger partial charge in [-0.1, -0.05) is 24.3 Å². The number of amides is 2. The third kappa shape index (κ3) is 5.80. The Labute approximate surface area is 199 Å². The van der Waals surface area contributed by atoms with Gasteiger partial charge >= 0.3 is 0 Å². The van der Waals surface area contributed by atoms with Crippen LogP contribution in [0.5, 0.6) is 0 Å². The van der Waals surface area contributed by atoms with Crippen LogP contribution in [-0.4, -0.2) is 59.7 Å². The van der Waals surface area contributed by atoms with Crippen LogP contribution in [0.3, 0.4) is 0 Å². The van der Waals surface area contributed by atoms with E-state index in [1.165, 1.54) is 0 Å². The highest BCUT2D eigenvalue weighted by Crippen LogP contribution is 2.28. The van der Waals surface area contributed by atoms with Gasteiger partial charge in [-0.3, -0.25) is 9.59 Å². The maximum Gasteiger partial charge on any atom is 0.243 e. The lowest BCUT2D eigenvalue weighted by Crippen LogP contribution is -2.48. The van der Waals surface area contributed by atoms with Gasteiger partial charge < -0.3 is 19.7 Å². The molecule has 178 valence electrons. The lowest BCUT2D eigenvalue weighted by atomic mass is 9.98. The zero-order valence-corrected chi connectivity index (χ0v) is 20.4. The minimum absolute atomic E-state index is 0.0533. The fourth-order valence-corrected chi connectivity index (χ4v) is 5.42. The Balaban J connectivity index is 1.39. The second kappa shape index (κ2) is 10.8. The molecular weight excluding hydrogens is 438 g/mol. The number of hydrogen-bond donors (Lipinski definition) is 1. The van der Waals surface area contributed by atoms with Gasteiger partial charge in [-0.05, 0) is 44.7 Å². The normalized spacial score (nSPS) is 21.5. The van der Waals surface area contributed by atoms with Crippen molar-refractivity contribution >= 4 is 23.2 Å². The molecule has 1 aromatic carbocycles. The number of carbonyl (C=O) groups is 2. The van der Waals surface area contributed by atoms with E-state index in [0.29, 0.717) is 45.6 Å². The molecule has 0 aliphatic carbocycles. The average Bonchev–Trinajstić information content (AvgIpc) is 3.44. The van der Waals surface area contributed by atoms with E-state index in [1.807, 2.05) is 38.4 Å². The lowest BCUT2D eigenvalue weighted by molar-refractivity contribution is -0.144. The summed E-state index contributed by atoms with van der Waals surface area (Å²) < 4.78 is 11.4. The van der Waals surface area contributed by atoms with Crippen LogP contribution in [-0.2, 0) is 25.6 Å². The Kier molecular flexibility index (Phi) is 7.78. The summed E-state index contributed by atoms with van der Waals surface area (Å²) in [6.07, 6.45) is 1.89. The number of carbonyl (C=O) groups excluding carboxylic acids is 2. The number of benzene rings is 1. The zero-order chi connectivity index (χ0) is 23.4. The van der Waals surface area contributed by atoms with Crippen molar-refractivity contribution in [2.45, 2.75) is 64.8 Å². The van der Waals surface area contributed by atoms with Gasteiger partial charge in [0.15, 0.2) is 0 Å². The van der Waals surface area contributed by atoms with Gasteiger partial charge in [-0.2, -0.15) is 0 Å². The molecule has 2 saturated heterocycles. The lowest BCUT2D eigenvalue weighted by Gasteiger charge is -2.30. The second-order valence-electron chi connectivity index (χ2n) is 9.12. The maximum absolute atomic E-state index is 13.2.